The molecule has 2 N–H and O–H groups in total. The highest BCUT2D eigenvalue weighted by atomic mass is 32.2. The normalized spacial score (nSPS) is 18.5. The number of methoxy groups -OCH3 is 1. The Kier molecular flexibility index (Phi) is 6.27. The van der Waals surface area contributed by atoms with Gasteiger partial charge in [-0.2, -0.15) is 0 Å². The van der Waals surface area contributed by atoms with Crippen LogP contribution in [0.2, 0.25) is 0 Å². The monoisotopic (exact) mass is 322 g/mol. The molecule has 1 aromatic carbocycles. The summed E-state index contributed by atoms with van der Waals surface area (Å²) in [5.41, 5.74) is 7.55. The lowest BCUT2D eigenvalue weighted by Gasteiger charge is -2.10. The standard InChI is InChI=1S/C16H22N2O3S/c1-11(19)12-5-6-15(20-2)13(8-12)10-22-16(17)18-9-14-4-3-7-21-14/h5-6,8,14H,3-4,7,9-10H2,1-2H3,(H2,17,18)/t14-/m1/s1. The van der Waals surface area contributed by atoms with Crippen molar-refractivity contribution in [2.75, 3.05) is 20.3 Å². The number of ketones is 1. The maximum Gasteiger partial charge on any atom is 0.159 e. The van der Waals surface area contributed by atoms with Gasteiger partial charge in [-0.15, -0.1) is 0 Å². The second kappa shape index (κ2) is 8.19. The van der Waals surface area contributed by atoms with Crippen LogP contribution in [-0.4, -0.2) is 37.3 Å². The van der Waals surface area contributed by atoms with Gasteiger partial charge in [0.25, 0.3) is 0 Å². The lowest BCUT2D eigenvalue weighted by Crippen LogP contribution is -2.14. The van der Waals surface area contributed by atoms with Crippen LogP contribution in [0.1, 0.15) is 35.7 Å². The third kappa shape index (κ3) is 4.74. The molecule has 0 aromatic heterocycles. The number of aliphatic imine (C=N–C) groups is 1. The van der Waals surface area contributed by atoms with Gasteiger partial charge in [0.15, 0.2) is 11.0 Å². The van der Waals surface area contributed by atoms with Crippen LogP contribution >= 0.6 is 11.8 Å². The predicted octanol–water partition coefficient (Wildman–Crippen LogP) is 2.62. The van der Waals surface area contributed by atoms with Crippen LogP contribution in [0, 0.1) is 0 Å². The highest BCUT2D eigenvalue weighted by molar-refractivity contribution is 8.13. The molecule has 0 unspecified atom stereocenters. The summed E-state index contributed by atoms with van der Waals surface area (Å²) in [6, 6.07) is 5.43. The van der Waals surface area contributed by atoms with Crippen molar-refractivity contribution in [2.24, 2.45) is 10.7 Å². The van der Waals surface area contributed by atoms with E-state index in [1.54, 1.807) is 20.1 Å². The lowest BCUT2D eigenvalue weighted by atomic mass is 10.1. The van der Waals surface area contributed by atoms with E-state index in [9.17, 15) is 4.79 Å². The number of carbonyl (C=O) groups excluding carboxylic acids is 1. The second-order valence-electron chi connectivity index (χ2n) is 5.19. The van der Waals surface area contributed by atoms with Crippen LogP contribution in [0.4, 0.5) is 0 Å². The van der Waals surface area contributed by atoms with E-state index >= 15 is 0 Å². The summed E-state index contributed by atoms with van der Waals surface area (Å²) >= 11 is 1.44. The molecule has 5 nitrogen and oxygen atoms in total. The van der Waals surface area contributed by atoms with Crippen molar-refractivity contribution in [3.8, 4) is 5.75 Å². The fourth-order valence-corrected chi connectivity index (χ4v) is 2.98. The average Bonchev–Trinajstić information content (AvgIpc) is 3.03. The Hall–Kier alpha value is -1.53. The third-order valence-electron chi connectivity index (χ3n) is 3.54. The quantitative estimate of drug-likeness (QED) is 0.495. The van der Waals surface area contributed by atoms with Crippen molar-refractivity contribution in [1.82, 2.24) is 0 Å². The molecule has 2 rings (SSSR count). The van der Waals surface area contributed by atoms with Crippen LogP contribution in [0.5, 0.6) is 5.75 Å². The molecule has 22 heavy (non-hydrogen) atoms. The molecule has 0 aliphatic carbocycles. The number of hydrogen-bond donors (Lipinski definition) is 1. The molecule has 0 saturated carbocycles. The number of nitrogens with two attached hydrogens (primary N) is 1. The fraction of sp³-hybridized carbons (Fsp3) is 0.500. The highest BCUT2D eigenvalue weighted by Gasteiger charge is 2.15. The molecule has 0 amide bonds. The number of thioether (sulfide) groups is 1. The lowest BCUT2D eigenvalue weighted by molar-refractivity contribution is 0.101. The molecule has 1 aliphatic rings. The Morgan fingerprint density at radius 2 is 2.36 bits per heavy atom. The number of Topliss-reactive ketones (excluding diaryl/α,β-unsaturated/α-hetero) is 1. The maximum absolute atomic E-state index is 11.5. The number of carbonyl (C=O) groups is 1. The molecular formula is C16H22N2O3S. The molecule has 1 heterocycles. The summed E-state index contributed by atoms with van der Waals surface area (Å²) in [4.78, 5) is 15.8. The maximum atomic E-state index is 11.5. The zero-order valence-electron chi connectivity index (χ0n) is 13.0. The summed E-state index contributed by atoms with van der Waals surface area (Å²) in [7, 11) is 1.62. The van der Waals surface area contributed by atoms with E-state index < -0.39 is 0 Å². The van der Waals surface area contributed by atoms with E-state index in [0.29, 0.717) is 23.0 Å². The van der Waals surface area contributed by atoms with E-state index in [-0.39, 0.29) is 11.9 Å². The smallest absolute Gasteiger partial charge is 0.159 e. The van der Waals surface area contributed by atoms with Gasteiger partial charge in [0, 0.05) is 23.5 Å². The minimum atomic E-state index is 0.0360. The first kappa shape index (κ1) is 16.8. The topological polar surface area (TPSA) is 73.9 Å². The zero-order valence-corrected chi connectivity index (χ0v) is 13.8. The molecule has 1 aliphatic heterocycles. The van der Waals surface area contributed by atoms with Crippen LogP contribution < -0.4 is 10.5 Å². The van der Waals surface area contributed by atoms with Crippen LogP contribution in [-0.2, 0) is 10.5 Å². The van der Waals surface area contributed by atoms with Gasteiger partial charge in [-0.3, -0.25) is 9.79 Å². The predicted molar refractivity (Wildman–Crippen MR) is 89.8 cm³/mol. The Balaban J connectivity index is 1.95. The molecule has 0 spiro atoms. The largest absolute Gasteiger partial charge is 0.496 e. The van der Waals surface area contributed by atoms with Crippen molar-refractivity contribution in [3.63, 3.8) is 0 Å². The van der Waals surface area contributed by atoms with Gasteiger partial charge in [-0.1, -0.05) is 11.8 Å². The van der Waals surface area contributed by atoms with E-state index in [4.69, 9.17) is 15.2 Å². The zero-order chi connectivity index (χ0) is 15.9. The van der Waals surface area contributed by atoms with Crippen molar-refractivity contribution in [1.29, 1.82) is 0 Å². The first-order valence-electron chi connectivity index (χ1n) is 7.32. The van der Waals surface area contributed by atoms with Crippen molar-refractivity contribution < 1.29 is 14.3 Å². The van der Waals surface area contributed by atoms with Gasteiger partial charge >= 0.3 is 0 Å². The van der Waals surface area contributed by atoms with E-state index in [2.05, 4.69) is 4.99 Å². The van der Waals surface area contributed by atoms with Gasteiger partial charge in [0.05, 0.1) is 19.8 Å². The summed E-state index contributed by atoms with van der Waals surface area (Å²) in [5, 5.41) is 0.533. The Bertz CT molecular complexity index is 554. The van der Waals surface area contributed by atoms with Crippen LogP contribution in [0.3, 0.4) is 0 Å². The van der Waals surface area contributed by atoms with Crippen molar-refractivity contribution >= 4 is 22.7 Å². The molecule has 0 bridgehead atoms. The van der Waals surface area contributed by atoms with Gasteiger partial charge < -0.3 is 15.2 Å². The average molecular weight is 322 g/mol. The Labute approximate surface area is 135 Å². The molecule has 120 valence electrons. The van der Waals surface area contributed by atoms with Gasteiger partial charge in [0.1, 0.15) is 5.75 Å². The SMILES string of the molecule is COc1ccc(C(C)=O)cc1CSC(N)=NC[C@H]1CCCO1. The minimum absolute atomic E-state index is 0.0360. The molecule has 0 radical (unpaired) electrons. The Morgan fingerprint density at radius 1 is 1.55 bits per heavy atom. The second-order valence-corrected chi connectivity index (χ2v) is 6.18. The molecule has 1 atom stereocenters. The number of ether oxygens (including phenoxy) is 2. The number of benzene rings is 1. The molecular weight excluding hydrogens is 300 g/mol. The molecule has 1 fully saturated rings. The van der Waals surface area contributed by atoms with E-state index in [1.807, 2.05) is 12.1 Å². The minimum Gasteiger partial charge on any atom is -0.496 e. The summed E-state index contributed by atoms with van der Waals surface area (Å²) in [6.07, 6.45) is 2.35. The van der Waals surface area contributed by atoms with Gasteiger partial charge in [-0.25, -0.2) is 0 Å². The summed E-state index contributed by atoms with van der Waals surface area (Å²) < 4.78 is 10.8. The number of rotatable bonds is 6. The number of nitrogens with zero attached hydrogens (tertiary/aromatic N) is 1. The molecule has 1 aromatic rings. The van der Waals surface area contributed by atoms with Crippen LogP contribution in [0.25, 0.3) is 0 Å². The first-order chi connectivity index (χ1) is 10.6. The number of hydrogen-bond acceptors (Lipinski definition) is 5. The molecule has 1 saturated heterocycles. The van der Waals surface area contributed by atoms with Crippen molar-refractivity contribution in [3.05, 3.63) is 29.3 Å². The van der Waals surface area contributed by atoms with Crippen molar-refractivity contribution in [2.45, 2.75) is 31.6 Å². The summed E-state index contributed by atoms with van der Waals surface area (Å²) in [5.74, 6) is 1.41. The number of amidine groups is 1. The molecule has 6 heteroatoms. The van der Waals surface area contributed by atoms with E-state index in [1.165, 1.54) is 11.8 Å². The Morgan fingerprint density at radius 3 is 3.00 bits per heavy atom. The fourth-order valence-electron chi connectivity index (χ4n) is 2.29. The van der Waals surface area contributed by atoms with Gasteiger partial charge in [-0.05, 0) is 38.0 Å². The van der Waals surface area contributed by atoms with E-state index in [0.717, 1.165) is 30.8 Å². The van der Waals surface area contributed by atoms with Crippen LogP contribution in [0.15, 0.2) is 23.2 Å². The summed E-state index contributed by atoms with van der Waals surface area (Å²) in [6.45, 7) is 2.99. The first-order valence-corrected chi connectivity index (χ1v) is 8.31. The highest BCUT2D eigenvalue weighted by Crippen LogP contribution is 2.25. The van der Waals surface area contributed by atoms with Gasteiger partial charge in [0.2, 0.25) is 0 Å². The third-order valence-corrected chi connectivity index (χ3v) is 4.42.